The highest BCUT2D eigenvalue weighted by molar-refractivity contribution is 5.48. The van der Waals surface area contributed by atoms with Gasteiger partial charge in [-0.3, -0.25) is 0 Å². The van der Waals surface area contributed by atoms with Crippen LogP contribution in [0, 0.1) is 6.92 Å². The smallest absolute Gasteiger partial charge is 0.0426 e. The summed E-state index contributed by atoms with van der Waals surface area (Å²) in [5, 5.41) is 3.44. The van der Waals surface area contributed by atoms with E-state index in [4.69, 9.17) is 0 Å². The van der Waals surface area contributed by atoms with Gasteiger partial charge in [0.2, 0.25) is 0 Å². The zero-order chi connectivity index (χ0) is 15.2. The molecule has 2 heteroatoms. The molecule has 0 amide bonds. The maximum Gasteiger partial charge on any atom is 0.0426 e. The van der Waals surface area contributed by atoms with E-state index in [0.717, 1.165) is 13.1 Å². The van der Waals surface area contributed by atoms with Gasteiger partial charge < -0.3 is 10.2 Å². The van der Waals surface area contributed by atoms with E-state index in [-0.39, 0.29) is 0 Å². The molecule has 0 fully saturated rings. The average Bonchev–Trinajstić information content (AvgIpc) is 2.46. The molecule has 0 saturated heterocycles. The Kier molecular flexibility index (Phi) is 5.40. The molecule has 0 aliphatic heterocycles. The summed E-state index contributed by atoms with van der Waals surface area (Å²) in [5.41, 5.74) is 5.24. The number of rotatable bonds is 6. The van der Waals surface area contributed by atoms with Gasteiger partial charge >= 0.3 is 0 Å². The first-order valence-corrected chi connectivity index (χ1v) is 7.63. The highest BCUT2D eigenvalue weighted by atomic mass is 15.1. The zero-order valence-electron chi connectivity index (χ0n) is 13.6. The third-order valence-electron chi connectivity index (χ3n) is 3.60. The Balaban J connectivity index is 1.96. The van der Waals surface area contributed by atoms with E-state index in [1.807, 2.05) is 0 Å². The van der Waals surface area contributed by atoms with Crippen molar-refractivity contribution in [2.75, 3.05) is 11.9 Å². The summed E-state index contributed by atoms with van der Waals surface area (Å²) in [6, 6.07) is 18.0. The second-order valence-corrected chi connectivity index (χ2v) is 6.05. The molecule has 0 radical (unpaired) electrons. The van der Waals surface area contributed by atoms with Crippen LogP contribution in [0.25, 0.3) is 0 Å². The van der Waals surface area contributed by atoms with Crippen LogP contribution in [0.3, 0.4) is 0 Å². The molecule has 2 nitrogen and oxygen atoms in total. The first-order valence-electron chi connectivity index (χ1n) is 7.63. The Labute approximate surface area is 128 Å². The monoisotopic (exact) mass is 282 g/mol. The molecule has 0 spiro atoms. The number of hydrogen-bond donors (Lipinski definition) is 1. The van der Waals surface area contributed by atoms with E-state index in [1.54, 1.807) is 0 Å². The normalized spacial score (nSPS) is 10.9. The molecule has 0 aliphatic rings. The van der Waals surface area contributed by atoms with Gasteiger partial charge in [0.05, 0.1) is 0 Å². The minimum Gasteiger partial charge on any atom is -0.370 e. The molecule has 21 heavy (non-hydrogen) atoms. The van der Waals surface area contributed by atoms with E-state index in [2.05, 4.69) is 86.6 Å². The van der Waals surface area contributed by atoms with Crippen LogP contribution in [0.1, 0.15) is 30.5 Å². The lowest BCUT2D eigenvalue weighted by molar-refractivity contribution is 0.589. The van der Waals surface area contributed by atoms with Gasteiger partial charge in [-0.2, -0.15) is 0 Å². The van der Waals surface area contributed by atoms with Crippen molar-refractivity contribution in [3.63, 3.8) is 0 Å². The minimum absolute atomic E-state index is 0.525. The lowest BCUT2D eigenvalue weighted by Crippen LogP contribution is -2.21. The van der Waals surface area contributed by atoms with Gasteiger partial charge in [0.25, 0.3) is 0 Å². The molecule has 2 aromatic rings. The number of anilines is 1. The molecule has 2 rings (SSSR count). The fourth-order valence-corrected chi connectivity index (χ4v) is 2.32. The molecule has 0 heterocycles. The zero-order valence-corrected chi connectivity index (χ0v) is 13.6. The van der Waals surface area contributed by atoms with Crippen LogP contribution in [-0.4, -0.2) is 13.1 Å². The Morgan fingerprint density at radius 3 is 2.29 bits per heavy atom. The van der Waals surface area contributed by atoms with Crippen LogP contribution in [0.4, 0.5) is 5.69 Å². The van der Waals surface area contributed by atoms with Gasteiger partial charge in [-0.25, -0.2) is 0 Å². The first kappa shape index (κ1) is 15.6. The molecule has 0 saturated carbocycles. The van der Waals surface area contributed by atoms with Gasteiger partial charge in [-0.15, -0.1) is 0 Å². The standard InChI is InChI=1S/C19H26N2/c1-15(2)20-13-17-8-10-18(11-9-17)14-21(4)19-7-5-6-16(3)12-19/h5-12,15,20H,13-14H2,1-4H3. The van der Waals surface area contributed by atoms with Gasteiger partial charge in [0.15, 0.2) is 0 Å². The minimum atomic E-state index is 0.525. The van der Waals surface area contributed by atoms with Crippen molar-refractivity contribution in [1.82, 2.24) is 5.32 Å². The first-order chi connectivity index (χ1) is 10.0. The lowest BCUT2D eigenvalue weighted by Gasteiger charge is -2.20. The number of hydrogen-bond acceptors (Lipinski definition) is 2. The molecule has 2 aromatic carbocycles. The average molecular weight is 282 g/mol. The van der Waals surface area contributed by atoms with Crippen LogP contribution < -0.4 is 10.2 Å². The predicted molar refractivity (Wildman–Crippen MR) is 91.7 cm³/mol. The summed E-state index contributed by atoms with van der Waals surface area (Å²) < 4.78 is 0. The molecule has 0 unspecified atom stereocenters. The highest BCUT2D eigenvalue weighted by Crippen LogP contribution is 2.17. The Morgan fingerprint density at radius 2 is 1.67 bits per heavy atom. The molecule has 112 valence electrons. The summed E-state index contributed by atoms with van der Waals surface area (Å²) in [5.74, 6) is 0. The molecule has 0 aliphatic carbocycles. The van der Waals surface area contributed by atoms with E-state index in [0.29, 0.717) is 6.04 Å². The van der Waals surface area contributed by atoms with E-state index < -0.39 is 0 Å². The molecule has 0 atom stereocenters. The molecular weight excluding hydrogens is 256 g/mol. The quantitative estimate of drug-likeness (QED) is 0.857. The largest absolute Gasteiger partial charge is 0.370 e. The summed E-state index contributed by atoms with van der Waals surface area (Å²) in [4.78, 5) is 2.29. The van der Waals surface area contributed by atoms with Crippen molar-refractivity contribution in [3.05, 3.63) is 65.2 Å². The maximum atomic E-state index is 3.44. The van der Waals surface area contributed by atoms with Crippen LogP contribution in [0.5, 0.6) is 0 Å². The van der Waals surface area contributed by atoms with Gasteiger partial charge in [-0.05, 0) is 35.7 Å². The topological polar surface area (TPSA) is 15.3 Å². The maximum absolute atomic E-state index is 3.44. The fourth-order valence-electron chi connectivity index (χ4n) is 2.32. The SMILES string of the molecule is Cc1cccc(N(C)Cc2ccc(CNC(C)C)cc2)c1. The van der Waals surface area contributed by atoms with Crippen molar-refractivity contribution < 1.29 is 0 Å². The van der Waals surface area contributed by atoms with E-state index in [9.17, 15) is 0 Å². The predicted octanol–water partition coefficient (Wildman–Crippen LogP) is 4.13. The van der Waals surface area contributed by atoms with Crippen LogP contribution >= 0.6 is 0 Å². The van der Waals surface area contributed by atoms with Crippen molar-refractivity contribution in [2.24, 2.45) is 0 Å². The van der Waals surface area contributed by atoms with Crippen LogP contribution in [0.2, 0.25) is 0 Å². The number of aryl methyl sites for hydroxylation is 1. The van der Waals surface area contributed by atoms with Crippen LogP contribution in [-0.2, 0) is 13.1 Å². The third-order valence-corrected chi connectivity index (χ3v) is 3.60. The molecule has 0 bridgehead atoms. The second kappa shape index (κ2) is 7.28. The van der Waals surface area contributed by atoms with Crippen molar-refractivity contribution in [3.8, 4) is 0 Å². The number of nitrogens with one attached hydrogen (secondary N) is 1. The summed E-state index contributed by atoms with van der Waals surface area (Å²) in [6.45, 7) is 8.34. The number of nitrogens with zero attached hydrogens (tertiary/aromatic N) is 1. The summed E-state index contributed by atoms with van der Waals surface area (Å²) >= 11 is 0. The summed E-state index contributed by atoms with van der Waals surface area (Å²) in [6.07, 6.45) is 0. The highest BCUT2D eigenvalue weighted by Gasteiger charge is 2.03. The van der Waals surface area contributed by atoms with Crippen molar-refractivity contribution >= 4 is 5.69 Å². The molecular formula is C19H26N2. The Bertz CT molecular complexity index is 558. The summed E-state index contributed by atoms with van der Waals surface area (Å²) in [7, 11) is 2.14. The lowest BCUT2D eigenvalue weighted by atomic mass is 10.1. The van der Waals surface area contributed by atoms with Gasteiger partial charge in [0, 0.05) is 31.9 Å². The van der Waals surface area contributed by atoms with Gasteiger partial charge in [-0.1, -0.05) is 50.2 Å². The molecule has 0 aromatic heterocycles. The van der Waals surface area contributed by atoms with E-state index in [1.165, 1.54) is 22.4 Å². The Morgan fingerprint density at radius 1 is 1.00 bits per heavy atom. The number of benzene rings is 2. The van der Waals surface area contributed by atoms with Crippen molar-refractivity contribution in [2.45, 2.75) is 39.9 Å². The van der Waals surface area contributed by atoms with Gasteiger partial charge in [0.1, 0.15) is 0 Å². The second-order valence-electron chi connectivity index (χ2n) is 6.05. The van der Waals surface area contributed by atoms with Crippen LogP contribution in [0.15, 0.2) is 48.5 Å². The molecule has 1 N–H and O–H groups in total. The van der Waals surface area contributed by atoms with E-state index >= 15 is 0 Å². The fraction of sp³-hybridized carbons (Fsp3) is 0.368. The Hall–Kier alpha value is -1.80. The van der Waals surface area contributed by atoms with Crippen molar-refractivity contribution in [1.29, 1.82) is 0 Å². The third kappa shape index (κ3) is 4.91.